The van der Waals surface area contributed by atoms with Crippen molar-refractivity contribution in [2.24, 2.45) is 16.7 Å². The predicted molar refractivity (Wildman–Crippen MR) is 83.9 cm³/mol. The van der Waals surface area contributed by atoms with Gasteiger partial charge in [-0.1, -0.05) is 38.2 Å². The zero-order valence-corrected chi connectivity index (χ0v) is 13.6. The van der Waals surface area contributed by atoms with E-state index in [1.807, 2.05) is 30.4 Å². The van der Waals surface area contributed by atoms with Crippen molar-refractivity contribution in [1.82, 2.24) is 4.31 Å². The molecule has 1 aliphatic heterocycles. The molecule has 0 N–H and O–H groups in total. The fraction of sp³-hybridized carbons (Fsp3) is 0.647. The summed E-state index contributed by atoms with van der Waals surface area (Å²) in [7, 11) is -3.18. The average Bonchev–Trinajstić information content (AvgIpc) is 2.74. The van der Waals surface area contributed by atoms with E-state index in [0.29, 0.717) is 18.1 Å². The van der Waals surface area contributed by atoms with Crippen molar-refractivity contribution in [3.8, 4) is 0 Å². The Balaban J connectivity index is 1.81. The van der Waals surface area contributed by atoms with E-state index in [1.165, 1.54) is 6.42 Å². The molecule has 2 bridgehead atoms. The van der Waals surface area contributed by atoms with Gasteiger partial charge in [0.25, 0.3) is 0 Å². The Morgan fingerprint density at radius 2 is 2.05 bits per heavy atom. The van der Waals surface area contributed by atoms with Crippen LogP contribution in [0.25, 0.3) is 0 Å². The van der Waals surface area contributed by atoms with Gasteiger partial charge >= 0.3 is 0 Å². The quantitative estimate of drug-likeness (QED) is 0.746. The van der Waals surface area contributed by atoms with Gasteiger partial charge in [0.05, 0.1) is 11.8 Å². The van der Waals surface area contributed by atoms with Gasteiger partial charge in [0, 0.05) is 17.5 Å². The number of nitrogens with zero attached hydrogens (tertiary/aromatic N) is 1. The van der Waals surface area contributed by atoms with Gasteiger partial charge in [-0.2, -0.15) is 0 Å². The van der Waals surface area contributed by atoms with Gasteiger partial charge < -0.3 is 0 Å². The van der Waals surface area contributed by atoms with Gasteiger partial charge in [-0.25, -0.2) is 8.42 Å². The van der Waals surface area contributed by atoms with Crippen LogP contribution >= 0.6 is 0 Å². The molecule has 0 aromatic heterocycles. The summed E-state index contributed by atoms with van der Waals surface area (Å²) < 4.78 is 27.6. The molecule has 0 radical (unpaired) electrons. The van der Waals surface area contributed by atoms with Crippen LogP contribution in [0.1, 0.15) is 39.5 Å². The second kappa shape index (κ2) is 4.03. The summed E-state index contributed by atoms with van der Waals surface area (Å²) in [6.45, 7) is 4.59. The molecule has 0 aromatic rings. The van der Waals surface area contributed by atoms with Crippen LogP contribution in [-0.4, -0.2) is 24.5 Å². The van der Waals surface area contributed by atoms with Crippen LogP contribution in [0.4, 0.5) is 0 Å². The third-order valence-corrected chi connectivity index (χ3v) is 8.64. The summed E-state index contributed by atoms with van der Waals surface area (Å²) in [4.78, 5) is 0. The highest BCUT2D eigenvalue weighted by Gasteiger charge is 2.71. The van der Waals surface area contributed by atoms with Crippen LogP contribution in [0.15, 0.2) is 36.1 Å². The van der Waals surface area contributed by atoms with Gasteiger partial charge in [-0.3, -0.25) is 4.31 Å². The van der Waals surface area contributed by atoms with E-state index in [1.54, 1.807) is 4.31 Å². The van der Waals surface area contributed by atoms with E-state index < -0.39 is 10.0 Å². The summed E-state index contributed by atoms with van der Waals surface area (Å²) in [5.41, 5.74) is 1.07. The number of hydrogen-bond acceptors (Lipinski definition) is 2. The molecule has 1 spiro atoms. The Morgan fingerprint density at radius 3 is 2.81 bits per heavy atom. The molecule has 3 unspecified atom stereocenters. The highest BCUT2D eigenvalue weighted by atomic mass is 32.2. The largest absolute Gasteiger partial charge is 0.270 e. The third kappa shape index (κ3) is 1.57. The summed E-state index contributed by atoms with van der Waals surface area (Å²) in [5, 5.41) is 0. The van der Waals surface area contributed by atoms with E-state index in [-0.39, 0.29) is 16.9 Å². The zero-order chi connectivity index (χ0) is 14.9. The average molecular weight is 305 g/mol. The maximum atomic E-state index is 12.9. The molecule has 0 amide bonds. The molecule has 21 heavy (non-hydrogen) atoms. The first-order chi connectivity index (χ1) is 9.88. The number of fused-ring (bicyclic) bond motifs is 1. The van der Waals surface area contributed by atoms with Crippen LogP contribution < -0.4 is 0 Å². The summed E-state index contributed by atoms with van der Waals surface area (Å²) in [6.07, 6.45) is 14.0. The Labute approximate surface area is 127 Å². The standard InChI is InChI=1S/C17H23NO2S/c1-16(2)13-9-10-17(16)12-21(19,20)18(15(17)11-13)14-7-5-3-4-6-8-14/h3-7,13,15H,8-12H2,1-2H3. The first-order valence-electron chi connectivity index (χ1n) is 7.93. The minimum atomic E-state index is -3.18. The minimum absolute atomic E-state index is 0.0307. The molecular formula is C17H23NO2S. The van der Waals surface area contributed by atoms with Crippen molar-refractivity contribution in [2.75, 3.05) is 5.75 Å². The summed E-state index contributed by atoms with van der Waals surface area (Å²) in [5.74, 6) is 1.02. The van der Waals surface area contributed by atoms with Gasteiger partial charge in [0.15, 0.2) is 0 Å². The number of hydrogen-bond donors (Lipinski definition) is 0. The smallest absolute Gasteiger partial charge is 0.235 e. The highest BCUT2D eigenvalue weighted by molar-refractivity contribution is 7.89. The fourth-order valence-corrected chi connectivity index (χ4v) is 8.06. The molecule has 3 fully saturated rings. The summed E-state index contributed by atoms with van der Waals surface area (Å²) >= 11 is 0. The molecule has 2 saturated carbocycles. The minimum Gasteiger partial charge on any atom is -0.270 e. The molecule has 3 atom stereocenters. The molecule has 3 aliphatic carbocycles. The van der Waals surface area contributed by atoms with Crippen molar-refractivity contribution in [3.05, 3.63) is 36.1 Å². The zero-order valence-electron chi connectivity index (χ0n) is 12.7. The first-order valence-corrected chi connectivity index (χ1v) is 9.54. The van der Waals surface area contributed by atoms with E-state index >= 15 is 0 Å². The lowest BCUT2D eigenvalue weighted by molar-refractivity contribution is 0.122. The SMILES string of the molecule is CC1(C)C2CCC13CS(=O)(=O)N(C1=CC=CC=CC1)C3C2. The van der Waals surface area contributed by atoms with Crippen LogP contribution in [-0.2, 0) is 10.0 Å². The molecule has 1 saturated heterocycles. The maximum Gasteiger partial charge on any atom is 0.235 e. The van der Waals surface area contributed by atoms with Gasteiger partial charge in [-0.05, 0) is 36.7 Å². The predicted octanol–water partition coefficient (Wildman–Crippen LogP) is 3.23. The number of sulfonamides is 1. The lowest BCUT2D eigenvalue weighted by Gasteiger charge is -2.37. The Kier molecular flexibility index (Phi) is 2.62. The van der Waals surface area contributed by atoms with Crippen LogP contribution in [0.5, 0.6) is 0 Å². The van der Waals surface area contributed by atoms with Crippen LogP contribution in [0.2, 0.25) is 0 Å². The molecule has 0 aromatic carbocycles. The Hall–Kier alpha value is -1.03. The first kappa shape index (κ1) is 13.6. The Bertz CT molecular complexity index is 671. The second-order valence-electron chi connectivity index (χ2n) is 7.59. The van der Waals surface area contributed by atoms with Crippen molar-refractivity contribution < 1.29 is 8.42 Å². The number of allylic oxidation sites excluding steroid dienone is 5. The lowest BCUT2D eigenvalue weighted by atomic mass is 9.69. The normalized spacial score (nSPS) is 42.0. The highest BCUT2D eigenvalue weighted by Crippen LogP contribution is 2.70. The third-order valence-electron chi connectivity index (χ3n) is 6.67. The Morgan fingerprint density at radius 1 is 1.24 bits per heavy atom. The molecule has 4 heteroatoms. The molecule has 1 heterocycles. The lowest BCUT2D eigenvalue weighted by Crippen LogP contribution is -2.41. The van der Waals surface area contributed by atoms with Gasteiger partial charge in [0.2, 0.25) is 10.0 Å². The van der Waals surface area contributed by atoms with Crippen molar-refractivity contribution in [1.29, 1.82) is 0 Å². The van der Waals surface area contributed by atoms with Crippen molar-refractivity contribution >= 4 is 10.0 Å². The van der Waals surface area contributed by atoms with Crippen molar-refractivity contribution in [3.63, 3.8) is 0 Å². The summed E-state index contributed by atoms with van der Waals surface area (Å²) in [6, 6.07) is 0.183. The molecule has 4 rings (SSSR count). The molecular weight excluding hydrogens is 282 g/mol. The van der Waals surface area contributed by atoms with E-state index in [2.05, 4.69) is 13.8 Å². The molecule has 3 nitrogen and oxygen atoms in total. The van der Waals surface area contributed by atoms with E-state index in [0.717, 1.165) is 18.5 Å². The van der Waals surface area contributed by atoms with E-state index in [4.69, 9.17) is 0 Å². The van der Waals surface area contributed by atoms with Crippen molar-refractivity contribution in [2.45, 2.75) is 45.6 Å². The van der Waals surface area contributed by atoms with Crippen LogP contribution in [0, 0.1) is 16.7 Å². The maximum absolute atomic E-state index is 12.9. The monoisotopic (exact) mass is 305 g/mol. The van der Waals surface area contributed by atoms with Crippen LogP contribution in [0.3, 0.4) is 0 Å². The fourth-order valence-electron chi connectivity index (χ4n) is 5.40. The molecule has 4 aliphatic rings. The molecule has 114 valence electrons. The number of rotatable bonds is 1. The second-order valence-corrected chi connectivity index (χ2v) is 9.44. The topological polar surface area (TPSA) is 37.4 Å². The van der Waals surface area contributed by atoms with E-state index in [9.17, 15) is 8.42 Å². The van der Waals surface area contributed by atoms with Gasteiger partial charge in [-0.15, -0.1) is 0 Å². The van der Waals surface area contributed by atoms with Gasteiger partial charge in [0.1, 0.15) is 0 Å².